The molecule has 1 N–H and O–H groups in total. The maximum atomic E-state index is 6.02. The van der Waals surface area contributed by atoms with Gasteiger partial charge in [0.05, 0.1) is 12.2 Å². The molecule has 1 fully saturated rings. The van der Waals surface area contributed by atoms with Gasteiger partial charge in [-0.1, -0.05) is 19.9 Å². The second-order valence-electron chi connectivity index (χ2n) is 6.07. The zero-order chi connectivity index (χ0) is 14.5. The lowest BCUT2D eigenvalue weighted by atomic mass is 9.81. The molecule has 0 aromatic carbocycles. The lowest BCUT2D eigenvalue weighted by Gasteiger charge is -2.30. The standard InChI is InChI=1S/C17H28N2O/c1-5-9-19-16(11-15-8-6-7-10-18-15)17-12(2)13(3)20-14(17)4/h6-8,10,12-14,16-17,19H,5,9,11H2,1-4H3. The molecule has 0 bridgehead atoms. The second-order valence-corrected chi connectivity index (χ2v) is 6.07. The molecule has 2 rings (SSSR count). The molecule has 2 heterocycles. The summed E-state index contributed by atoms with van der Waals surface area (Å²) in [6.45, 7) is 9.99. The van der Waals surface area contributed by atoms with Gasteiger partial charge in [0.1, 0.15) is 0 Å². The highest BCUT2D eigenvalue weighted by Crippen LogP contribution is 2.35. The van der Waals surface area contributed by atoms with Crippen LogP contribution in [0.4, 0.5) is 0 Å². The third-order valence-corrected chi connectivity index (χ3v) is 4.60. The van der Waals surface area contributed by atoms with E-state index in [-0.39, 0.29) is 0 Å². The fourth-order valence-corrected chi connectivity index (χ4v) is 3.41. The molecule has 5 unspecified atom stereocenters. The number of rotatable bonds is 6. The molecule has 1 aromatic rings. The van der Waals surface area contributed by atoms with E-state index in [4.69, 9.17) is 4.74 Å². The number of ether oxygens (including phenoxy) is 1. The molecule has 20 heavy (non-hydrogen) atoms. The Morgan fingerprint density at radius 1 is 1.25 bits per heavy atom. The summed E-state index contributed by atoms with van der Waals surface area (Å²) < 4.78 is 6.02. The monoisotopic (exact) mass is 276 g/mol. The van der Waals surface area contributed by atoms with Gasteiger partial charge in [-0.25, -0.2) is 0 Å². The van der Waals surface area contributed by atoms with E-state index in [0.717, 1.165) is 19.4 Å². The third-order valence-electron chi connectivity index (χ3n) is 4.60. The summed E-state index contributed by atoms with van der Waals surface area (Å²) in [6, 6.07) is 6.61. The minimum atomic E-state index is 0.318. The van der Waals surface area contributed by atoms with Crippen LogP contribution in [0.3, 0.4) is 0 Å². The molecule has 0 radical (unpaired) electrons. The highest BCUT2D eigenvalue weighted by atomic mass is 16.5. The number of nitrogens with zero attached hydrogens (tertiary/aromatic N) is 1. The molecular formula is C17H28N2O. The van der Waals surface area contributed by atoms with Gasteiger partial charge in [0.2, 0.25) is 0 Å². The predicted octanol–water partition coefficient (Wildman–Crippen LogP) is 3.05. The average Bonchev–Trinajstić information content (AvgIpc) is 2.70. The number of hydrogen-bond acceptors (Lipinski definition) is 3. The number of aromatic nitrogens is 1. The van der Waals surface area contributed by atoms with Gasteiger partial charge >= 0.3 is 0 Å². The van der Waals surface area contributed by atoms with Gasteiger partial charge in [0.25, 0.3) is 0 Å². The van der Waals surface area contributed by atoms with Crippen molar-refractivity contribution in [3.05, 3.63) is 30.1 Å². The fourth-order valence-electron chi connectivity index (χ4n) is 3.41. The maximum Gasteiger partial charge on any atom is 0.0597 e. The predicted molar refractivity (Wildman–Crippen MR) is 82.7 cm³/mol. The van der Waals surface area contributed by atoms with Gasteiger partial charge in [-0.15, -0.1) is 0 Å². The molecule has 0 saturated carbocycles. The fraction of sp³-hybridized carbons (Fsp3) is 0.706. The van der Waals surface area contributed by atoms with Crippen molar-refractivity contribution in [2.24, 2.45) is 11.8 Å². The Morgan fingerprint density at radius 3 is 2.60 bits per heavy atom. The van der Waals surface area contributed by atoms with E-state index in [1.165, 1.54) is 5.69 Å². The second kappa shape index (κ2) is 7.19. The zero-order valence-electron chi connectivity index (χ0n) is 13.2. The summed E-state index contributed by atoms with van der Waals surface area (Å²) in [4.78, 5) is 4.49. The molecule has 3 heteroatoms. The molecule has 112 valence electrons. The van der Waals surface area contributed by atoms with Crippen LogP contribution in [0.15, 0.2) is 24.4 Å². The van der Waals surface area contributed by atoms with E-state index in [1.54, 1.807) is 0 Å². The van der Waals surface area contributed by atoms with Gasteiger partial charge in [0.15, 0.2) is 0 Å². The van der Waals surface area contributed by atoms with E-state index >= 15 is 0 Å². The number of pyridine rings is 1. The normalized spacial score (nSPS) is 31.4. The minimum Gasteiger partial charge on any atom is -0.375 e. The van der Waals surface area contributed by atoms with Gasteiger partial charge in [-0.2, -0.15) is 0 Å². The van der Waals surface area contributed by atoms with Crippen molar-refractivity contribution in [2.75, 3.05) is 6.54 Å². The third kappa shape index (κ3) is 3.58. The number of nitrogens with one attached hydrogen (secondary N) is 1. The highest BCUT2D eigenvalue weighted by Gasteiger charge is 2.41. The van der Waals surface area contributed by atoms with Crippen molar-refractivity contribution in [1.29, 1.82) is 0 Å². The van der Waals surface area contributed by atoms with Crippen molar-refractivity contribution in [2.45, 2.75) is 58.8 Å². The molecule has 0 amide bonds. The van der Waals surface area contributed by atoms with Crippen molar-refractivity contribution in [3.8, 4) is 0 Å². The van der Waals surface area contributed by atoms with E-state index in [2.05, 4.69) is 50.1 Å². The van der Waals surface area contributed by atoms with E-state index in [1.807, 2.05) is 12.3 Å². The first-order valence-electron chi connectivity index (χ1n) is 7.92. The van der Waals surface area contributed by atoms with Crippen LogP contribution in [0.5, 0.6) is 0 Å². The quantitative estimate of drug-likeness (QED) is 0.867. The van der Waals surface area contributed by atoms with E-state index in [0.29, 0.717) is 30.1 Å². The van der Waals surface area contributed by atoms with Crippen molar-refractivity contribution >= 4 is 0 Å². The topological polar surface area (TPSA) is 34.2 Å². The molecule has 1 aliphatic rings. The Bertz CT molecular complexity index is 395. The van der Waals surface area contributed by atoms with Crippen LogP contribution in [-0.2, 0) is 11.2 Å². The summed E-state index contributed by atoms with van der Waals surface area (Å²) in [6.07, 6.45) is 4.69. The minimum absolute atomic E-state index is 0.318. The van der Waals surface area contributed by atoms with E-state index < -0.39 is 0 Å². The van der Waals surface area contributed by atoms with Crippen LogP contribution in [0, 0.1) is 11.8 Å². The summed E-state index contributed by atoms with van der Waals surface area (Å²) in [5.74, 6) is 1.14. The van der Waals surface area contributed by atoms with Crippen molar-refractivity contribution < 1.29 is 4.74 Å². The van der Waals surface area contributed by atoms with Crippen LogP contribution in [-0.4, -0.2) is 29.8 Å². The Labute approximate surface area is 123 Å². The smallest absolute Gasteiger partial charge is 0.0597 e. The molecule has 3 nitrogen and oxygen atoms in total. The van der Waals surface area contributed by atoms with Crippen molar-refractivity contribution in [3.63, 3.8) is 0 Å². The van der Waals surface area contributed by atoms with Crippen molar-refractivity contribution in [1.82, 2.24) is 10.3 Å². The molecular weight excluding hydrogens is 248 g/mol. The average molecular weight is 276 g/mol. The highest BCUT2D eigenvalue weighted by molar-refractivity contribution is 5.07. The summed E-state index contributed by atoms with van der Waals surface area (Å²) >= 11 is 0. The Balaban J connectivity index is 2.10. The van der Waals surface area contributed by atoms with Crippen LogP contribution in [0.25, 0.3) is 0 Å². The zero-order valence-corrected chi connectivity index (χ0v) is 13.2. The molecule has 1 saturated heterocycles. The van der Waals surface area contributed by atoms with Gasteiger partial charge in [0, 0.05) is 30.3 Å². The largest absolute Gasteiger partial charge is 0.375 e. The van der Waals surface area contributed by atoms with Crippen LogP contribution in [0.2, 0.25) is 0 Å². The molecule has 0 aliphatic carbocycles. The first-order chi connectivity index (χ1) is 9.63. The molecule has 1 aliphatic heterocycles. The van der Waals surface area contributed by atoms with Crippen LogP contribution in [0.1, 0.15) is 39.8 Å². The molecule has 1 aromatic heterocycles. The maximum absolute atomic E-state index is 6.02. The Kier molecular flexibility index (Phi) is 5.55. The molecule has 0 spiro atoms. The van der Waals surface area contributed by atoms with Gasteiger partial charge in [-0.3, -0.25) is 4.98 Å². The lowest BCUT2D eigenvalue weighted by Crippen LogP contribution is -2.43. The van der Waals surface area contributed by atoms with Gasteiger partial charge in [-0.05, 0) is 44.9 Å². The first-order valence-corrected chi connectivity index (χ1v) is 7.92. The van der Waals surface area contributed by atoms with Crippen LogP contribution < -0.4 is 5.32 Å². The Morgan fingerprint density at radius 2 is 2.05 bits per heavy atom. The van der Waals surface area contributed by atoms with Gasteiger partial charge < -0.3 is 10.1 Å². The summed E-state index contributed by atoms with van der Waals surface area (Å²) in [5, 5.41) is 3.72. The Hall–Kier alpha value is -0.930. The first kappa shape index (κ1) is 15.5. The SMILES string of the molecule is CCCNC(Cc1ccccn1)C1C(C)OC(C)C1C. The number of hydrogen-bond donors (Lipinski definition) is 1. The van der Waals surface area contributed by atoms with E-state index in [9.17, 15) is 0 Å². The molecule has 5 atom stereocenters. The lowest BCUT2D eigenvalue weighted by molar-refractivity contribution is 0.0475. The summed E-state index contributed by atoms with van der Waals surface area (Å²) in [5.41, 5.74) is 1.17. The summed E-state index contributed by atoms with van der Waals surface area (Å²) in [7, 11) is 0. The van der Waals surface area contributed by atoms with Crippen LogP contribution >= 0.6 is 0 Å².